The van der Waals surface area contributed by atoms with Gasteiger partial charge < -0.3 is 19.7 Å². The van der Waals surface area contributed by atoms with Crippen LogP contribution in [0.25, 0.3) is 0 Å². The van der Waals surface area contributed by atoms with Crippen molar-refractivity contribution in [1.82, 2.24) is 4.90 Å². The lowest BCUT2D eigenvalue weighted by molar-refractivity contribution is -0.117. The Morgan fingerprint density at radius 1 is 1.03 bits per heavy atom. The maximum Gasteiger partial charge on any atom is 0.255 e. The summed E-state index contributed by atoms with van der Waals surface area (Å²) in [6.45, 7) is 2.87. The number of methoxy groups -OCH3 is 1. The summed E-state index contributed by atoms with van der Waals surface area (Å²) < 4.78 is 11.1. The second-order valence-electron chi connectivity index (χ2n) is 7.57. The van der Waals surface area contributed by atoms with Crippen molar-refractivity contribution < 1.29 is 19.1 Å². The van der Waals surface area contributed by atoms with Gasteiger partial charge in [-0.05, 0) is 48.4 Å². The van der Waals surface area contributed by atoms with Crippen molar-refractivity contribution >= 4 is 17.5 Å². The van der Waals surface area contributed by atoms with Gasteiger partial charge in [-0.25, -0.2) is 0 Å². The van der Waals surface area contributed by atoms with Gasteiger partial charge in [0.1, 0.15) is 0 Å². The van der Waals surface area contributed by atoms with E-state index in [-0.39, 0.29) is 18.2 Å². The maximum atomic E-state index is 13.2. The van der Waals surface area contributed by atoms with E-state index >= 15 is 0 Å². The highest BCUT2D eigenvalue weighted by Gasteiger charge is 2.34. The first-order chi connectivity index (χ1) is 15.6. The van der Waals surface area contributed by atoms with Crippen LogP contribution in [0.4, 0.5) is 5.69 Å². The number of nitrogens with zero attached hydrogens (tertiary/aromatic N) is 1. The third-order valence-electron chi connectivity index (χ3n) is 5.53. The number of amides is 2. The molecule has 6 nitrogen and oxygen atoms in total. The van der Waals surface area contributed by atoms with Gasteiger partial charge >= 0.3 is 0 Å². The molecule has 1 unspecified atom stereocenters. The highest BCUT2D eigenvalue weighted by Crippen LogP contribution is 2.37. The predicted octanol–water partition coefficient (Wildman–Crippen LogP) is 4.82. The minimum absolute atomic E-state index is 0.0778. The maximum absolute atomic E-state index is 13.2. The number of anilines is 1. The Kier molecular flexibility index (Phi) is 6.40. The fourth-order valence-corrected chi connectivity index (χ4v) is 4.01. The molecule has 1 aliphatic rings. The van der Waals surface area contributed by atoms with Gasteiger partial charge in [0.05, 0.1) is 26.2 Å². The molecule has 1 aliphatic heterocycles. The number of hydrogen-bond acceptors (Lipinski definition) is 4. The number of hydrogen-bond donors (Lipinski definition) is 1. The van der Waals surface area contributed by atoms with Crippen molar-refractivity contribution in [3.63, 3.8) is 0 Å². The van der Waals surface area contributed by atoms with Crippen LogP contribution in [0.1, 0.15) is 40.9 Å². The molecular formula is C26H26N2O4. The second kappa shape index (κ2) is 9.56. The molecule has 2 amide bonds. The van der Waals surface area contributed by atoms with Crippen molar-refractivity contribution in [1.29, 1.82) is 0 Å². The molecule has 0 radical (unpaired) electrons. The SMILES string of the molecule is CCOc1ccc(C(CC(=O)Nc2ccccc2)N2Cc3ccccc3C2=O)cc1OC. The Morgan fingerprint density at radius 3 is 2.50 bits per heavy atom. The largest absolute Gasteiger partial charge is 0.493 e. The second-order valence-corrected chi connectivity index (χ2v) is 7.57. The van der Waals surface area contributed by atoms with Crippen LogP contribution in [0.3, 0.4) is 0 Å². The van der Waals surface area contributed by atoms with Gasteiger partial charge in [0.2, 0.25) is 5.91 Å². The fraction of sp³-hybridized carbons (Fsp3) is 0.231. The lowest BCUT2D eigenvalue weighted by atomic mass is 10.0. The summed E-state index contributed by atoms with van der Waals surface area (Å²) >= 11 is 0. The van der Waals surface area contributed by atoms with Crippen LogP contribution in [0.2, 0.25) is 0 Å². The molecule has 0 fully saturated rings. The van der Waals surface area contributed by atoms with Gasteiger partial charge in [-0.1, -0.05) is 42.5 Å². The lowest BCUT2D eigenvalue weighted by Gasteiger charge is -2.28. The van der Waals surface area contributed by atoms with Gasteiger partial charge in [0.25, 0.3) is 5.91 Å². The van der Waals surface area contributed by atoms with Gasteiger partial charge in [-0.3, -0.25) is 9.59 Å². The number of carbonyl (C=O) groups excluding carboxylic acids is 2. The lowest BCUT2D eigenvalue weighted by Crippen LogP contribution is -2.32. The third-order valence-corrected chi connectivity index (χ3v) is 5.53. The Hall–Kier alpha value is -3.80. The third kappa shape index (κ3) is 4.44. The molecule has 0 aliphatic carbocycles. The Bertz CT molecular complexity index is 1110. The van der Waals surface area contributed by atoms with E-state index in [2.05, 4.69) is 5.32 Å². The molecule has 3 aromatic carbocycles. The quantitative estimate of drug-likeness (QED) is 0.556. The Labute approximate surface area is 187 Å². The molecule has 6 heteroatoms. The normalized spacial score (nSPS) is 13.4. The van der Waals surface area contributed by atoms with Crippen LogP contribution in [-0.4, -0.2) is 30.4 Å². The molecule has 1 N–H and O–H groups in total. The molecule has 3 aromatic rings. The Balaban J connectivity index is 1.66. The zero-order chi connectivity index (χ0) is 22.5. The summed E-state index contributed by atoms with van der Waals surface area (Å²) in [6.07, 6.45) is 0.117. The van der Waals surface area contributed by atoms with E-state index in [1.54, 1.807) is 12.0 Å². The fourth-order valence-electron chi connectivity index (χ4n) is 4.01. The van der Waals surface area contributed by atoms with Crippen LogP contribution in [0.5, 0.6) is 11.5 Å². The van der Waals surface area contributed by atoms with Gasteiger partial charge in [-0.2, -0.15) is 0 Å². The van der Waals surface area contributed by atoms with Crippen molar-refractivity contribution in [2.75, 3.05) is 19.0 Å². The first-order valence-corrected chi connectivity index (χ1v) is 10.6. The van der Waals surface area contributed by atoms with Gasteiger partial charge in [-0.15, -0.1) is 0 Å². The summed E-state index contributed by atoms with van der Waals surface area (Å²) in [4.78, 5) is 27.9. The van der Waals surface area contributed by atoms with E-state index < -0.39 is 6.04 Å². The van der Waals surface area contributed by atoms with E-state index in [1.807, 2.05) is 79.7 Å². The van der Waals surface area contributed by atoms with Crippen LogP contribution in [0.15, 0.2) is 72.8 Å². The zero-order valence-electron chi connectivity index (χ0n) is 18.2. The van der Waals surface area contributed by atoms with E-state index in [1.165, 1.54) is 0 Å². The van der Waals surface area contributed by atoms with Crippen molar-refractivity contribution in [2.45, 2.75) is 25.9 Å². The topological polar surface area (TPSA) is 67.9 Å². The van der Waals surface area contributed by atoms with E-state index in [0.717, 1.165) is 16.8 Å². The Morgan fingerprint density at radius 2 is 1.78 bits per heavy atom. The van der Waals surface area contributed by atoms with Gasteiger partial charge in [0, 0.05) is 17.8 Å². The number of carbonyl (C=O) groups is 2. The molecule has 32 heavy (non-hydrogen) atoms. The molecule has 164 valence electrons. The summed E-state index contributed by atoms with van der Waals surface area (Å²) in [7, 11) is 1.58. The molecule has 1 atom stereocenters. The first kappa shape index (κ1) is 21.4. The summed E-state index contributed by atoms with van der Waals surface area (Å²) in [6, 6.07) is 22.0. The number of rotatable bonds is 8. The standard InChI is InChI=1S/C26H26N2O4/c1-3-32-23-14-13-18(15-24(23)31-2)22(16-25(29)27-20-10-5-4-6-11-20)28-17-19-9-7-8-12-21(19)26(28)30/h4-15,22H,3,16-17H2,1-2H3,(H,27,29). The molecule has 1 heterocycles. The van der Waals surface area contributed by atoms with Crippen LogP contribution < -0.4 is 14.8 Å². The van der Waals surface area contributed by atoms with Crippen molar-refractivity contribution in [3.05, 3.63) is 89.5 Å². The molecule has 0 bridgehead atoms. The van der Waals surface area contributed by atoms with Crippen LogP contribution >= 0.6 is 0 Å². The number of para-hydroxylation sites is 1. The minimum Gasteiger partial charge on any atom is -0.493 e. The molecule has 0 spiro atoms. The van der Waals surface area contributed by atoms with Gasteiger partial charge in [0.15, 0.2) is 11.5 Å². The monoisotopic (exact) mass is 430 g/mol. The van der Waals surface area contributed by atoms with Crippen LogP contribution in [0, 0.1) is 0 Å². The number of benzene rings is 3. The molecule has 4 rings (SSSR count). The van der Waals surface area contributed by atoms with Crippen molar-refractivity contribution in [2.24, 2.45) is 0 Å². The average Bonchev–Trinajstić information content (AvgIpc) is 3.15. The zero-order valence-corrected chi connectivity index (χ0v) is 18.2. The van der Waals surface area contributed by atoms with E-state index in [9.17, 15) is 9.59 Å². The summed E-state index contributed by atoms with van der Waals surface area (Å²) in [5.74, 6) is 0.952. The first-order valence-electron chi connectivity index (χ1n) is 10.6. The highest BCUT2D eigenvalue weighted by molar-refractivity contribution is 5.99. The summed E-state index contributed by atoms with van der Waals surface area (Å²) in [5, 5.41) is 2.93. The summed E-state index contributed by atoms with van der Waals surface area (Å²) in [5.41, 5.74) is 3.17. The van der Waals surface area contributed by atoms with Crippen molar-refractivity contribution in [3.8, 4) is 11.5 Å². The predicted molar refractivity (Wildman–Crippen MR) is 123 cm³/mol. The average molecular weight is 431 g/mol. The molecule has 0 aromatic heterocycles. The minimum atomic E-state index is -0.455. The van der Waals surface area contributed by atoms with E-state index in [0.29, 0.717) is 30.2 Å². The highest BCUT2D eigenvalue weighted by atomic mass is 16.5. The molecular weight excluding hydrogens is 404 g/mol. The van der Waals surface area contributed by atoms with Crippen LogP contribution in [-0.2, 0) is 11.3 Å². The smallest absolute Gasteiger partial charge is 0.255 e. The van der Waals surface area contributed by atoms with E-state index in [4.69, 9.17) is 9.47 Å². The molecule has 0 saturated heterocycles. The number of fused-ring (bicyclic) bond motifs is 1. The number of nitrogens with one attached hydrogen (secondary N) is 1. The number of ether oxygens (including phenoxy) is 2. The molecule has 0 saturated carbocycles.